The number of carbonyl (C=O) groups excluding carboxylic acids is 2. The Hall–Kier alpha value is -1.36. The lowest BCUT2D eigenvalue weighted by Crippen LogP contribution is -2.62. The highest BCUT2D eigenvalue weighted by Gasteiger charge is 2.92. The topological polar surface area (TPSA) is 61.8 Å². The van der Waals surface area contributed by atoms with E-state index in [1.165, 1.54) is 45.3 Å². The zero-order valence-electron chi connectivity index (χ0n) is 25.7. The highest BCUT2D eigenvalue weighted by molar-refractivity contribution is 5.79. The highest BCUT2D eigenvalue weighted by atomic mass is 16.6. The van der Waals surface area contributed by atoms with Gasteiger partial charge in [0.25, 0.3) is 0 Å². The fourth-order valence-electron chi connectivity index (χ4n) is 12.3. The van der Waals surface area contributed by atoms with Gasteiger partial charge in [-0.15, -0.1) is 0 Å². The summed E-state index contributed by atoms with van der Waals surface area (Å²) in [6.07, 6.45) is 9.81. The quantitative estimate of drug-likeness (QED) is 0.254. The van der Waals surface area contributed by atoms with Gasteiger partial charge < -0.3 is 14.2 Å². The molecule has 12 atom stereocenters. The van der Waals surface area contributed by atoms with Gasteiger partial charge in [-0.3, -0.25) is 9.59 Å². The van der Waals surface area contributed by atoms with E-state index in [0.29, 0.717) is 35.5 Å². The zero-order chi connectivity index (χ0) is 28.3. The molecule has 6 fully saturated rings. The summed E-state index contributed by atoms with van der Waals surface area (Å²) in [7, 11) is 1.48. The lowest BCUT2D eigenvalue weighted by Gasteiger charge is -2.62. The van der Waals surface area contributed by atoms with Crippen LogP contribution in [0.2, 0.25) is 0 Å². The van der Waals surface area contributed by atoms with Crippen molar-refractivity contribution < 1.29 is 23.8 Å². The Balaban J connectivity index is 1.34. The van der Waals surface area contributed by atoms with E-state index in [1.807, 2.05) is 6.92 Å². The minimum Gasteiger partial charge on any atom is -0.468 e. The van der Waals surface area contributed by atoms with E-state index in [4.69, 9.17) is 14.2 Å². The van der Waals surface area contributed by atoms with Crippen molar-refractivity contribution in [1.29, 1.82) is 0 Å². The molecule has 2 spiro atoms. The predicted molar refractivity (Wildman–Crippen MR) is 151 cm³/mol. The average molecular weight is 541 g/mol. The van der Waals surface area contributed by atoms with Crippen LogP contribution in [0.3, 0.4) is 0 Å². The largest absolute Gasteiger partial charge is 0.468 e. The van der Waals surface area contributed by atoms with Gasteiger partial charge in [0, 0.05) is 24.2 Å². The molecule has 5 saturated carbocycles. The number of ether oxygens (including phenoxy) is 3. The second kappa shape index (κ2) is 8.58. The van der Waals surface area contributed by atoms with Gasteiger partial charge in [-0.1, -0.05) is 46.8 Å². The number of hydrogen-bond acceptors (Lipinski definition) is 5. The first-order valence-electron chi connectivity index (χ1n) is 15.8. The van der Waals surface area contributed by atoms with Crippen molar-refractivity contribution in [2.24, 2.45) is 56.7 Å². The van der Waals surface area contributed by atoms with Gasteiger partial charge in [-0.25, -0.2) is 0 Å². The summed E-state index contributed by atoms with van der Waals surface area (Å²) in [5.74, 6) is 2.14. The Morgan fingerprint density at radius 1 is 1.00 bits per heavy atom. The molecular weight excluding hydrogens is 488 g/mol. The Kier molecular flexibility index (Phi) is 6.12. The minimum atomic E-state index is -0.823. The lowest BCUT2D eigenvalue weighted by molar-refractivity contribution is -0.199. The summed E-state index contributed by atoms with van der Waals surface area (Å²) in [4.78, 5) is 25.7. The maximum atomic E-state index is 13.5. The third-order valence-corrected chi connectivity index (χ3v) is 14.4. The summed E-state index contributed by atoms with van der Waals surface area (Å²) in [6.45, 7) is 20.1. The monoisotopic (exact) mass is 540 g/mol. The van der Waals surface area contributed by atoms with Gasteiger partial charge in [0.2, 0.25) is 0 Å². The van der Waals surface area contributed by atoms with E-state index < -0.39 is 11.5 Å². The van der Waals surface area contributed by atoms with Gasteiger partial charge >= 0.3 is 11.9 Å². The molecule has 218 valence electrons. The summed E-state index contributed by atoms with van der Waals surface area (Å²) >= 11 is 0. The van der Waals surface area contributed by atoms with Crippen LogP contribution in [0.5, 0.6) is 0 Å². The van der Waals surface area contributed by atoms with Gasteiger partial charge in [-0.05, 0) is 98.7 Å². The number of methoxy groups -OCH3 is 1. The Bertz CT molecular complexity index is 1080. The third-order valence-electron chi connectivity index (χ3n) is 14.4. The van der Waals surface area contributed by atoms with Crippen LogP contribution in [0.4, 0.5) is 0 Å². The van der Waals surface area contributed by atoms with Crippen molar-refractivity contribution in [3.63, 3.8) is 0 Å². The van der Waals surface area contributed by atoms with E-state index >= 15 is 0 Å². The van der Waals surface area contributed by atoms with E-state index in [2.05, 4.69) is 41.2 Å². The molecule has 0 radical (unpaired) electrons. The maximum absolute atomic E-state index is 13.5. The molecule has 6 rings (SSSR count). The smallest absolute Gasteiger partial charge is 0.315 e. The molecule has 5 nitrogen and oxygen atoms in total. The van der Waals surface area contributed by atoms with Crippen LogP contribution in [0.1, 0.15) is 106 Å². The molecule has 1 heterocycles. The molecule has 0 N–H and O–H groups in total. The number of rotatable bonds is 7. The van der Waals surface area contributed by atoms with Crippen molar-refractivity contribution in [2.45, 2.75) is 125 Å². The molecule has 0 aromatic rings. The lowest BCUT2D eigenvalue weighted by atomic mass is 9.41. The highest BCUT2D eigenvalue weighted by Crippen LogP contribution is 2.92. The van der Waals surface area contributed by atoms with Crippen LogP contribution in [0.15, 0.2) is 12.2 Å². The van der Waals surface area contributed by atoms with Gasteiger partial charge in [0.05, 0.1) is 19.3 Å². The summed E-state index contributed by atoms with van der Waals surface area (Å²) < 4.78 is 18.5. The van der Waals surface area contributed by atoms with Crippen molar-refractivity contribution >= 4 is 11.9 Å². The molecule has 1 saturated heterocycles. The maximum Gasteiger partial charge on any atom is 0.315 e. The minimum absolute atomic E-state index is 0.0171. The van der Waals surface area contributed by atoms with Crippen molar-refractivity contribution in [3.05, 3.63) is 12.2 Å². The van der Waals surface area contributed by atoms with Crippen LogP contribution in [-0.2, 0) is 23.8 Å². The van der Waals surface area contributed by atoms with Crippen LogP contribution >= 0.6 is 0 Å². The number of carbonyl (C=O) groups is 2. The second-order valence-corrected chi connectivity index (χ2v) is 15.7. The molecule has 5 heteroatoms. The fourth-order valence-corrected chi connectivity index (χ4v) is 12.3. The predicted octanol–water partition coefficient (Wildman–Crippen LogP) is 7.13. The fraction of sp³-hybridized carbons (Fsp3) is 0.882. The van der Waals surface area contributed by atoms with Gasteiger partial charge in [0.15, 0.2) is 0 Å². The third kappa shape index (κ3) is 3.18. The van der Waals surface area contributed by atoms with Crippen molar-refractivity contribution in [2.75, 3.05) is 7.11 Å². The first kappa shape index (κ1) is 27.8. The van der Waals surface area contributed by atoms with E-state index in [1.54, 1.807) is 0 Å². The second-order valence-electron chi connectivity index (χ2n) is 15.7. The summed E-state index contributed by atoms with van der Waals surface area (Å²) in [5, 5.41) is 0. The summed E-state index contributed by atoms with van der Waals surface area (Å²) in [5.41, 5.74) is 1.28. The van der Waals surface area contributed by atoms with Crippen LogP contribution < -0.4 is 0 Å². The first-order valence-corrected chi connectivity index (χ1v) is 15.8. The molecule has 0 bridgehead atoms. The van der Waals surface area contributed by atoms with E-state index in [-0.39, 0.29) is 46.3 Å². The molecule has 39 heavy (non-hydrogen) atoms. The first-order chi connectivity index (χ1) is 18.2. The number of esters is 2. The Labute approximate surface area is 236 Å². The van der Waals surface area contributed by atoms with E-state index in [9.17, 15) is 9.59 Å². The molecule has 0 aromatic heterocycles. The zero-order valence-corrected chi connectivity index (χ0v) is 25.7. The molecule has 1 aliphatic heterocycles. The average Bonchev–Trinajstić information content (AvgIpc) is 3.42. The van der Waals surface area contributed by atoms with Gasteiger partial charge in [0.1, 0.15) is 11.5 Å². The Morgan fingerprint density at radius 2 is 1.67 bits per heavy atom. The van der Waals surface area contributed by atoms with E-state index in [0.717, 1.165) is 25.7 Å². The van der Waals surface area contributed by atoms with Crippen LogP contribution in [-0.4, -0.2) is 37.4 Å². The normalized spacial score (nSPS) is 51.4. The number of fused-ring (bicyclic) bond motifs is 2. The molecule has 0 unspecified atom stereocenters. The van der Waals surface area contributed by atoms with Crippen LogP contribution in [0.25, 0.3) is 0 Å². The standard InChI is InChI=1S/C34H52O5/c1-19(2)20(3)10-11-21(4)23-14-15-30(6)24-12-13-25-32(8,29(36)37-9)26(38-22(5)35)16-27-34(25)18-33(24,34)28(39-27)17-31(23,30)7/h19,21,23-28H,3,10-18H2,1-2,4-9H3/t21-,23-,24+,25+,26+,27+,28-,30+,31-,32+,33+,34-/m1/s1. The molecule has 0 aromatic carbocycles. The molecule has 0 amide bonds. The molecular formula is C34H52O5. The Morgan fingerprint density at radius 3 is 2.31 bits per heavy atom. The van der Waals surface area contributed by atoms with Crippen molar-refractivity contribution in [3.8, 4) is 0 Å². The van der Waals surface area contributed by atoms with Crippen LogP contribution in [0, 0.1) is 56.7 Å². The molecule has 5 aliphatic carbocycles. The summed E-state index contributed by atoms with van der Waals surface area (Å²) in [6, 6.07) is 0. The number of allylic oxidation sites excluding steroid dienone is 1. The SMILES string of the molecule is C=C(CC[C@@H](C)[C@H]1CC[C@@]2(C)[C@@H]3CC[C@H]4[C@](C)(C(=O)OC)[C@@H](OC(C)=O)C[C@@H]5O[C@H](C[C@]12C)[C@]31C[C@]541)C(C)C. The number of hydrogen-bond donors (Lipinski definition) is 0. The van der Waals surface area contributed by atoms with Gasteiger partial charge in [-0.2, -0.15) is 0 Å². The molecule has 6 aliphatic rings. The van der Waals surface area contributed by atoms with Crippen molar-refractivity contribution in [1.82, 2.24) is 0 Å².